The maximum atomic E-state index is 12.0. The number of benzene rings is 1. The van der Waals surface area contributed by atoms with Crippen LogP contribution >= 0.6 is 0 Å². The van der Waals surface area contributed by atoms with Gasteiger partial charge in [0.25, 0.3) is 5.56 Å². The number of aromatic nitrogens is 2. The summed E-state index contributed by atoms with van der Waals surface area (Å²) in [7, 11) is 5.45. The third kappa shape index (κ3) is 5.09. The van der Waals surface area contributed by atoms with Crippen molar-refractivity contribution in [2.45, 2.75) is 39.2 Å². The average Bonchev–Trinajstić information content (AvgIpc) is 2.70. The predicted octanol–water partition coefficient (Wildman–Crippen LogP) is 2.93. The molecule has 7 heteroatoms. The molecule has 1 aromatic heterocycles. The van der Waals surface area contributed by atoms with Crippen LogP contribution in [0.25, 0.3) is 0 Å². The number of piperidine rings is 1. The fourth-order valence-corrected chi connectivity index (χ4v) is 3.81. The standard InChI is InChI=1S/C22H32N4O3/c1-6-29-20-12-17(15(2)11-19(20)28-5)14-26-9-7-16(8-10-26)18-13-21(27)24-22(23-18)25(3)4/h11-13,16H,6-10,14H2,1-5H3,(H,23,24,27). The van der Waals surface area contributed by atoms with Gasteiger partial charge in [-0.25, -0.2) is 4.98 Å². The molecule has 0 atom stereocenters. The predicted molar refractivity (Wildman–Crippen MR) is 115 cm³/mol. The molecule has 1 aliphatic rings. The van der Waals surface area contributed by atoms with E-state index < -0.39 is 0 Å². The quantitative estimate of drug-likeness (QED) is 0.771. The van der Waals surface area contributed by atoms with E-state index in [-0.39, 0.29) is 5.56 Å². The lowest BCUT2D eigenvalue weighted by Gasteiger charge is -2.32. The van der Waals surface area contributed by atoms with Crippen LogP contribution in [-0.2, 0) is 6.54 Å². The molecule has 1 fully saturated rings. The van der Waals surface area contributed by atoms with Crippen LogP contribution in [0.15, 0.2) is 23.0 Å². The molecule has 0 saturated carbocycles. The van der Waals surface area contributed by atoms with Gasteiger partial charge in [0.15, 0.2) is 11.5 Å². The van der Waals surface area contributed by atoms with Gasteiger partial charge in [-0.1, -0.05) is 0 Å². The summed E-state index contributed by atoms with van der Waals surface area (Å²) in [5.74, 6) is 2.52. The smallest absolute Gasteiger partial charge is 0.252 e. The number of nitrogens with zero attached hydrogens (tertiary/aromatic N) is 3. The largest absolute Gasteiger partial charge is 0.493 e. The van der Waals surface area contributed by atoms with Gasteiger partial charge in [0.05, 0.1) is 19.4 Å². The Balaban J connectivity index is 1.67. The second-order valence-electron chi connectivity index (χ2n) is 7.80. The van der Waals surface area contributed by atoms with Crippen molar-refractivity contribution in [3.63, 3.8) is 0 Å². The van der Waals surface area contributed by atoms with Crippen LogP contribution in [0, 0.1) is 6.92 Å². The first-order valence-electron chi connectivity index (χ1n) is 10.2. The molecule has 0 spiro atoms. The molecule has 3 rings (SSSR count). The number of rotatable bonds is 7. The fraction of sp³-hybridized carbons (Fsp3) is 0.545. The molecule has 7 nitrogen and oxygen atoms in total. The zero-order valence-electron chi connectivity index (χ0n) is 18.1. The zero-order chi connectivity index (χ0) is 21.0. The second kappa shape index (κ2) is 9.31. The zero-order valence-corrected chi connectivity index (χ0v) is 18.1. The molecule has 2 aromatic rings. The first-order chi connectivity index (χ1) is 13.9. The number of ether oxygens (including phenoxy) is 2. The number of anilines is 1. The summed E-state index contributed by atoms with van der Waals surface area (Å²) >= 11 is 0. The summed E-state index contributed by atoms with van der Waals surface area (Å²) in [5.41, 5.74) is 3.28. The molecular formula is C22H32N4O3. The Morgan fingerprint density at radius 1 is 1.21 bits per heavy atom. The van der Waals surface area contributed by atoms with E-state index in [1.54, 1.807) is 13.2 Å². The minimum Gasteiger partial charge on any atom is -0.493 e. The van der Waals surface area contributed by atoms with Crippen molar-refractivity contribution in [3.8, 4) is 11.5 Å². The van der Waals surface area contributed by atoms with E-state index in [0.29, 0.717) is 18.5 Å². The van der Waals surface area contributed by atoms with Crippen molar-refractivity contribution in [1.29, 1.82) is 0 Å². The Morgan fingerprint density at radius 3 is 2.55 bits per heavy atom. The van der Waals surface area contributed by atoms with E-state index in [1.165, 1.54) is 11.1 Å². The Hall–Kier alpha value is -2.54. The number of likely N-dealkylation sites (tertiary alicyclic amines) is 1. The van der Waals surface area contributed by atoms with Gasteiger partial charge in [-0.3, -0.25) is 14.7 Å². The van der Waals surface area contributed by atoms with Gasteiger partial charge in [0.2, 0.25) is 5.95 Å². The van der Waals surface area contributed by atoms with Crippen molar-refractivity contribution in [2.24, 2.45) is 0 Å². The number of aromatic amines is 1. The van der Waals surface area contributed by atoms with Crippen LogP contribution < -0.4 is 19.9 Å². The molecule has 0 amide bonds. The number of H-pyrrole nitrogens is 1. The van der Waals surface area contributed by atoms with Gasteiger partial charge in [-0.2, -0.15) is 0 Å². The summed E-state index contributed by atoms with van der Waals surface area (Å²) in [6.45, 7) is 7.55. The van der Waals surface area contributed by atoms with E-state index in [0.717, 1.165) is 49.7 Å². The molecule has 1 N–H and O–H groups in total. The molecule has 158 valence electrons. The highest BCUT2D eigenvalue weighted by Crippen LogP contribution is 2.33. The number of nitrogens with one attached hydrogen (secondary N) is 1. The Labute approximate surface area is 172 Å². The molecule has 2 heterocycles. The van der Waals surface area contributed by atoms with Crippen molar-refractivity contribution in [2.75, 3.05) is 45.8 Å². The van der Waals surface area contributed by atoms with Crippen LogP contribution in [0.2, 0.25) is 0 Å². The number of aryl methyl sites for hydroxylation is 1. The first-order valence-corrected chi connectivity index (χ1v) is 10.2. The molecule has 0 bridgehead atoms. The Bertz CT molecular complexity index is 886. The van der Waals surface area contributed by atoms with Crippen molar-refractivity contribution >= 4 is 5.95 Å². The van der Waals surface area contributed by atoms with E-state index in [4.69, 9.17) is 9.47 Å². The molecule has 0 aliphatic carbocycles. The third-order valence-electron chi connectivity index (χ3n) is 5.49. The molecule has 1 saturated heterocycles. The van der Waals surface area contributed by atoms with Gasteiger partial charge in [0.1, 0.15) is 0 Å². The molecule has 29 heavy (non-hydrogen) atoms. The summed E-state index contributed by atoms with van der Waals surface area (Å²) in [5, 5.41) is 0. The van der Waals surface area contributed by atoms with E-state index in [9.17, 15) is 4.79 Å². The number of methoxy groups -OCH3 is 1. The molecular weight excluding hydrogens is 368 g/mol. The Kier molecular flexibility index (Phi) is 6.79. The monoisotopic (exact) mass is 400 g/mol. The lowest BCUT2D eigenvalue weighted by Crippen LogP contribution is -2.33. The highest BCUT2D eigenvalue weighted by molar-refractivity contribution is 5.47. The highest BCUT2D eigenvalue weighted by atomic mass is 16.5. The first kappa shape index (κ1) is 21.2. The molecule has 0 unspecified atom stereocenters. The van der Waals surface area contributed by atoms with Crippen LogP contribution in [0.5, 0.6) is 11.5 Å². The minimum absolute atomic E-state index is 0.0848. The minimum atomic E-state index is -0.0848. The van der Waals surface area contributed by atoms with Crippen molar-refractivity contribution < 1.29 is 9.47 Å². The number of hydrogen-bond donors (Lipinski definition) is 1. The van der Waals surface area contributed by atoms with Crippen LogP contribution in [-0.4, -0.2) is 55.8 Å². The second-order valence-corrected chi connectivity index (χ2v) is 7.80. The van der Waals surface area contributed by atoms with E-state index in [1.807, 2.05) is 25.9 Å². The third-order valence-corrected chi connectivity index (χ3v) is 5.49. The van der Waals surface area contributed by atoms with Crippen molar-refractivity contribution in [3.05, 3.63) is 45.4 Å². The number of hydrogen-bond acceptors (Lipinski definition) is 6. The molecule has 0 radical (unpaired) electrons. The van der Waals surface area contributed by atoms with Crippen LogP contribution in [0.4, 0.5) is 5.95 Å². The van der Waals surface area contributed by atoms with Crippen molar-refractivity contribution in [1.82, 2.24) is 14.9 Å². The lowest BCUT2D eigenvalue weighted by atomic mass is 9.93. The normalized spacial score (nSPS) is 15.3. The molecule has 1 aromatic carbocycles. The van der Waals surface area contributed by atoms with Gasteiger partial charge in [0, 0.05) is 32.6 Å². The lowest BCUT2D eigenvalue weighted by molar-refractivity contribution is 0.202. The van der Waals surface area contributed by atoms with Crippen LogP contribution in [0.3, 0.4) is 0 Å². The maximum absolute atomic E-state index is 12.0. The average molecular weight is 401 g/mol. The van der Waals surface area contributed by atoms with E-state index >= 15 is 0 Å². The van der Waals surface area contributed by atoms with E-state index in [2.05, 4.69) is 33.9 Å². The SMILES string of the molecule is CCOc1cc(CN2CCC(c3cc(=O)[nH]c(N(C)C)n3)CC2)c(C)cc1OC. The topological polar surface area (TPSA) is 70.7 Å². The summed E-state index contributed by atoms with van der Waals surface area (Å²) in [6, 6.07) is 5.80. The summed E-state index contributed by atoms with van der Waals surface area (Å²) < 4.78 is 11.2. The summed E-state index contributed by atoms with van der Waals surface area (Å²) in [6.07, 6.45) is 1.99. The molecule has 1 aliphatic heterocycles. The van der Waals surface area contributed by atoms with Gasteiger partial charge < -0.3 is 14.4 Å². The fourth-order valence-electron chi connectivity index (χ4n) is 3.81. The van der Waals surface area contributed by atoms with Gasteiger partial charge >= 0.3 is 0 Å². The summed E-state index contributed by atoms with van der Waals surface area (Å²) in [4.78, 5) is 23.7. The van der Waals surface area contributed by atoms with Gasteiger partial charge in [-0.05, 0) is 63.0 Å². The highest BCUT2D eigenvalue weighted by Gasteiger charge is 2.23. The maximum Gasteiger partial charge on any atom is 0.252 e. The Morgan fingerprint density at radius 2 is 1.93 bits per heavy atom. The van der Waals surface area contributed by atoms with Crippen LogP contribution in [0.1, 0.15) is 42.5 Å². The van der Waals surface area contributed by atoms with Gasteiger partial charge in [-0.15, -0.1) is 0 Å².